The van der Waals surface area contributed by atoms with E-state index in [1.807, 2.05) is 23.7 Å². The second-order valence-electron chi connectivity index (χ2n) is 7.92. The highest BCUT2D eigenvalue weighted by atomic mass is 32.1. The molecule has 2 fully saturated rings. The van der Waals surface area contributed by atoms with Crippen LogP contribution in [0, 0.1) is 11.8 Å². The first-order valence-corrected chi connectivity index (χ1v) is 11.2. The molecule has 0 unspecified atom stereocenters. The number of benzene rings is 1. The van der Waals surface area contributed by atoms with Crippen molar-refractivity contribution in [3.63, 3.8) is 0 Å². The Morgan fingerprint density at radius 1 is 1.31 bits per heavy atom. The Bertz CT molecular complexity index is 823. The molecule has 0 bridgehead atoms. The lowest BCUT2D eigenvalue weighted by Crippen LogP contribution is -2.43. The highest BCUT2D eigenvalue weighted by molar-refractivity contribution is 7.09. The van der Waals surface area contributed by atoms with Crippen molar-refractivity contribution in [1.82, 2.24) is 15.2 Å². The first-order valence-electron chi connectivity index (χ1n) is 10.3. The number of nitrogens with zero attached hydrogens (tertiary/aromatic N) is 2. The molecule has 2 heterocycles. The van der Waals surface area contributed by atoms with E-state index >= 15 is 0 Å². The predicted octanol–water partition coefficient (Wildman–Crippen LogP) is 3.64. The molecule has 1 N–H and O–H groups in total. The summed E-state index contributed by atoms with van der Waals surface area (Å²) in [5.41, 5.74) is 1.13. The molecule has 1 aliphatic heterocycles. The van der Waals surface area contributed by atoms with Crippen LogP contribution in [-0.4, -0.2) is 43.1 Å². The number of carbonyl (C=O) groups excluding carboxylic acids is 1. The van der Waals surface area contributed by atoms with Crippen molar-refractivity contribution < 1.29 is 14.3 Å². The number of ether oxygens (including phenoxy) is 2. The van der Waals surface area contributed by atoms with Crippen molar-refractivity contribution in [2.75, 3.05) is 27.3 Å². The Labute approximate surface area is 176 Å². The fourth-order valence-electron chi connectivity index (χ4n) is 4.21. The van der Waals surface area contributed by atoms with E-state index < -0.39 is 0 Å². The molecule has 7 heteroatoms. The van der Waals surface area contributed by atoms with E-state index in [0.717, 1.165) is 67.4 Å². The molecule has 4 rings (SSSR count). The summed E-state index contributed by atoms with van der Waals surface area (Å²) in [6.07, 6.45) is 6.07. The zero-order chi connectivity index (χ0) is 20.2. The lowest BCUT2D eigenvalue weighted by Gasteiger charge is -2.37. The van der Waals surface area contributed by atoms with Crippen molar-refractivity contribution in [3.8, 4) is 11.5 Å². The highest BCUT2D eigenvalue weighted by Crippen LogP contribution is 2.36. The van der Waals surface area contributed by atoms with Gasteiger partial charge in [0.15, 0.2) is 11.5 Å². The number of piperidine rings is 1. The van der Waals surface area contributed by atoms with Crippen molar-refractivity contribution in [2.24, 2.45) is 11.8 Å². The first-order chi connectivity index (χ1) is 14.2. The summed E-state index contributed by atoms with van der Waals surface area (Å²) in [6.45, 7) is 2.77. The van der Waals surface area contributed by atoms with Crippen LogP contribution in [0.5, 0.6) is 11.5 Å². The topological polar surface area (TPSA) is 63.7 Å². The summed E-state index contributed by atoms with van der Waals surface area (Å²) in [7, 11) is 3.35. The van der Waals surface area contributed by atoms with E-state index in [1.165, 1.54) is 0 Å². The van der Waals surface area contributed by atoms with Gasteiger partial charge in [0, 0.05) is 36.1 Å². The van der Waals surface area contributed by atoms with Gasteiger partial charge >= 0.3 is 0 Å². The Morgan fingerprint density at radius 3 is 2.86 bits per heavy atom. The summed E-state index contributed by atoms with van der Waals surface area (Å²) in [5, 5.41) is 6.33. The second kappa shape index (κ2) is 9.13. The number of amides is 1. The smallest absolute Gasteiger partial charge is 0.223 e. The molecule has 2 aliphatic rings. The lowest BCUT2D eigenvalue weighted by molar-refractivity contribution is -0.123. The minimum atomic E-state index is -0.00175. The zero-order valence-corrected chi connectivity index (χ0v) is 17.9. The summed E-state index contributed by atoms with van der Waals surface area (Å²) in [4.78, 5) is 19.5. The number of nitrogens with one attached hydrogen (secondary N) is 1. The number of thiazole rings is 1. The molecule has 1 aromatic carbocycles. The normalized spacial score (nSPS) is 20.8. The molecule has 0 spiro atoms. The van der Waals surface area contributed by atoms with Gasteiger partial charge in [-0.15, -0.1) is 11.3 Å². The van der Waals surface area contributed by atoms with Crippen LogP contribution in [-0.2, 0) is 11.3 Å². The average Bonchev–Trinajstić information content (AvgIpc) is 3.47. The number of hydrogen-bond acceptors (Lipinski definition) is 6. The molecule has 0 radical (unpaired) electrons. The number of rotatable bonds is 8. The lowest BCUT2D eigenvalue weighted by atomic mass is 9.90. The molecule has 156 valence electrons. The number of para-hydroxylation sites is 1. The Morgan fingerprint density at radius 2 is 2.17 bits per heavy atom. The Hall–Kier alpha value is -2.12. The van der Waals surface area contributed by atoms with Gasteiger partial charge in [-0.3, -0.25) is 9.69 Å². The molecule has 1 amide bonds. The van der Waals surface area contributed by atoms with Crippen LogP contribution < -0.4 is 14.8 Å². The van der Waals surface area contributed by atoms with Crippen LogP contribution in [0.3, 0.4) is 0 Å². The van der Waals surface area contributed by atoms with Gasteiger partial charge in [0.2, 0.25) is 5.91 Å². The van der Waals surface area contributed by atoms with E-state index in [1.54, 1.807) is 25.6 Å². The van der Waals surface area contributed by atoms with Gasteiger partial charge in [-0.2, -0.15) is 0 Å². The molecule has 29 heavy (non-hydrogen) atoms. The van der Waals surface area contributed by atoms with E-state index in [2.05, 4.69) is 21.3 Å². The fraction of sp³-hybridized carbons (Fsp3) is 0.545. The first kappa shape index (κ1) is 20.2. The molecule has 1 saturated heterocycles. The Balaban J connectivity index is 1.48. The van der Waals surface area contributed by atoms with Crippen LogP contribution >= 0.6 is 11.3 Å². The summed E-state index contributed by atoms with van der Waals surface area (Å²) in [6, 6.07) is 6.02. The van der Waals surface area contributed by atoms with Crippen LogP contribution in [0.25, 0.3) is 0 Å². The summed E-state index contributed by atoms with van der Waals surface area (Å²) < 4.78 is 11.1. The number of likely N-dealkylation sites (tertiary alicyclic amines) is 1. The van der Waals surface area contributed by atoms with Gasteiger partial charge in [-0.05, 0) is 44.2 Å². The molecule has 1 saturated carbocycles. The Kier molecular flexibility index (Phi) is 6.35. The third kappa shape index (κ3) is 4.73. The molecule has 1 aromatic heterocycles. The number of aromatic nitrogens is 1. The van der Waals surface area contributed by atoms with E-state index in [0.29, 0.717) is 5.92 Å². The fourth-order valence-corrected chi connectivity index (χ4v) is 4.99. The molecular formula is C22H29N3O3S. The molecule has 1 aliphatic carbocycles. The number of methoxy groups -OCH3 is 2. The minimum absolute atomic E-state index is 0.00175. The number of carbonyl (C=O) groups is 1. The average molecular weight is 416 g/mol. The van der Waals surface area contributed by atoms with E-state index in [9.17, 15) is 4.79 Å². The van der Waals surface area contributed by atoms with Crippen molar-refractivity contribution in [3.05, 3.63) is 40.3 Å². The minimum Gasteiger partial charge on any atom is -0.493 e. The third-order valence-corrected chi connectivity index (χ3v) is 6.71. The predicted molar refractivity (Wildman–Crippen MR) is 113 cm³/mol. The third-order valence-electron chi connectivity index (χ3n) is 5.86. The SMILES string of the molecule is COc1cccc(CN2CCC[C@@H]([C@@H](NC(=O)C3CC3)c3nccs3)C2)c1OC. The maximum atomic E-state index is 12.5. The van der Waals surface area contributed by atoms with Gasteiger partial charge in [-0.1, -0.05) is 12.1 Å². The van der Waals surface area contributed by atoms with Gasteiger partial charge in [0.05, 0.1) is 20.3 Å². The largest absolute Gasteiger partial charge is 0.493 e. The quantitative estimate of drug-likeness (QED) is 0.713. The van der Waals surface area contributed by atoms with Crippen LogP contribution in [0.4, 0.5) is 0 Å². The monoisotopic (exact) mass is 415 g/mol. The molecule has 6 nitrogen and oxygen atoms in total. The second-order valence-corrected chi connectivity index (χ2v) is 8.85. The molecular weight excluding hydrogens is 386 g/mol. The maximum Gasteiger partial charge on any atom is 0.223 e. The van der Waals surface area contributed by atoms with Crippen LogP contribution in [0.15, 0.2) is 29.8 Å². The van der Waals surface area contributed by atoms with Gasteiger partial charge in [0.1, 0.15) is 5.01 Å². The van der Waals surface area contributed by atoms with Gasteiger partial charge in [-0.25, -0.2) is 4.98 Å². The van der Waals surface area contributed by atoms with Crippen molar-refractivity contribution in [2.45, 2.75) is 38.3 Å². The number of hydrogen-bond donors (Lipinski definition) is 1. The zero-order valence-electron chi connectivity index (χ0n) is 17.1. The van der Waals surface area contributed by atoms with Crippen LogP contribution in [0.2, 0.25) is 0 Å². The van der Waals surface area contributed by atoms with Gasteiger partial charge in [0.25, 0.3) is 0 Å². The maximum absolute atomic E-state index is 12.5. The molecule has 2 aromatic rings. The van der Waals surface area contributed by atoms with Gasteiger partial charge < -0.3 is 14.8 Å². The summed E-state index contributed by atoms with van der Waals surface area (Å²) >= 11 is 1.63. The van der Waals surface area contributed by atoms with E-state index in [-0.39, 0.29) is 17.9 Å². The molecule has 2 atom stereocenters. The van der Waals surface area contributed by atoms with Crippen LogP contribution in [0.1, 0.15) is 42.3 Å². The van der Waals surface area contributed by atoms with Crippen molar-refractivity contribution >= 4 is 17.2 Å². The standard InChI is InChI=1S/C22H29N3O3S/c1-27-18-7-3-5-17(20(18)28-2)14-25-11-4-6-16(13-25)19(22-23-10-12-29-22)24-21(26)15-8-9-15/h3,5,7,10,12,15-16,19H,4,6,8-9,11,13-14H2,1-2H3,(H,24,26)/t16-,19-/m1/s1. The highest BCUT2D eigenvalue weighted by Gasteiger charge is 2.36. The van der Waals surface area contributed by atoms with E-state index in [4.69, 9.17) is 9.47 Å². The van der Waals surface area contributed by atoms with Crippen molar-refractivity contribution in [1.29, 1.82) is 0 Å². The summed E-state index contributed by atoms with van der Waals surface area (Å²) in [5.74, 6) is 2.32.